The molecule has 0 radical (unpaired) electrons. The van der Waals surface area contributed by atoms with Gasteiger partial charge in [-0.3, -0.25) is 4.84 Å². The molecule has 0 aliphatic rings. The number of ether oxygens (including phenoxy) is 1. The van der Waals surface area contributed by atoms with E-state index in [4.69, 9.17) is 0 Å². The molecule has 1 unspecified atom stereocenters. The molecule has 0 bridgehead atoms. The van der Waals surface area contributed by atoms with Crippen molar-refractivity contribution in [1.29, 1.82) is 0 Å². The number of rotatable bonds is 5. The third-order valence-corrected chi connectivity index (χ3v) is 1.32. The summed E-state index contributed by atoms with van der Waals surface area (Å²) in [5.74, 6) is -0.987. The van der Waals surface area contributed by atoms with Gasteiger partial charge in [-0.25, -0.2) is 4.79 Å². The van der Waals surface area contributed by atoms with E-state index in [-0.39, 0.29) is 12.5 Å². The first-order valence-electron chi connectivity index (χ1n) is 3.96. The molecule has 0 amide bonds. The van der Waals surface area contributed by atoms with Crippen LogP contribution in [0.25, 0.3) is 0 Å². The van der Waals surface area contributed by atoms with E-state index in [9.17, 15) is 14.9 Å². The van der Waals surface area contributed by atoms with Crippen LogP contribution in [0, 0.1) is 16.0 Å². The topological polar surface area (TPSA) is 78.7 Å². The molecule has 0 saturated carbocycles. The summed E-state index contributed by atoms with van der Waals surface area (Å²) in [6, 6.07) is 0. The SMILES string of the molecule is CCOC(=O)C(O[N+](=O)[O-])C(C)C. The Labute approximate surface area is 75.9 Å². The summed E-state index contributed by atoms with van der Waals surface area (Å²) in [5.41, 5.74) is 0. The lowest BCUT2D eigenvalue weighted by Gasteiger charge is -2.16. The molecule has 1 atom stereocenters. The lowest BCUT2D eigenvalue weighted by Crippen LogP contribution is -2.33. The Morgan fingerprint density at radius 3 is 2.38 bits per heavy atom. The van der Waals surface area contributed by atoms with Gasteiger partial charge >= 0.3 is 5.97 Å². The number of hydrogen-bond acceptors (Lipinski definition) is 5. The van der Waals surface area contributed by atoms with Gasteiger partial charge in [-0.05, 0) is 12.8 Å². The highest BCUT2D eigenvalue weighted by molar-refractivity contribution is 5.74. The van der Waals surface area contributed by atoms with Gasteiger partial charge < -0.3 is 4.74 Å². The van der Waals surface area contributed by atoms with Crippen molar-refractivity contribution < 1.29 is 19.5 Å². The zero-order chi connectivity index (χ0) is 10.4. The van der Waals surface area contributed by atoms with E-state index in [2.05, 4.69) is 9.57 Å². The standard InChI is InChI=1S/C7H13NO5/c1-4-12-7(9)6(5(2)3)13-8(10)11/h5-6H,4H2,1-3H3. The van der Waals surface area contributed by atoms with Crippen LogP contribution < -0.4 is 0 Å². The van der Waals surface area contributed by atoms with Crippen LogP contribution in [0.5, 0.6) is 0 Å². The van der Waals surface area contributed by atoms with Crippen LogP contribution >= 0.6 is 0 Å². The molecule has 0 aromatic rings. The lowest BCUT2D eigenvalue weighted by atomic mass is 10.1. The van der Waals surface area contributed by atoms with E-state index >= 15 is 0 Å². The molecule has 76 valence electrons. The first-order chi connectivity index (χ1) is 5.99. The Hall–Kier alpha value is -1.33. The van der Waals surface area contributed by atoms with E-state index in [1.165, 1.54) is 0 Å². The second kappa shape index (κ2) is 5.34. The Morgan fingerprint density at radius 2 is 2.08 bits per heavy atom. The molecule has 0 aromatic heterocycles. The fourth-order valence-electron chi connectivity index (χ4n) is 0.754. The second-order valence-electron chi connectivity index (χ2n) is 2.75. The maximum Gasteiger partial charge on any atom is 0.335 e. The maximum atomic E-state index is 11.1. The zero-order valence-corrected chi connectivity index (χ0v) is 7.85. The van der Waals surface area contributed by atoms with Gasteiger partial charge in [0.05, 0.1) is 6.61 Å². The number of carbonyl (C=O) groups excluding carboxylic acids is 1. The average molecular weight is 191 g/mol. The fraction of sp³-hybridized carbons (Fsp3) is 0.857. The van der Waals surface area contributed by atoms with Gasteiger partial charge in [-0.15, -0.1) is 10.1 Å². The number of hydrogen-bond donors (Lipinski definition) is 0. The molecule has 6 nitrogen and oxygen atoms in total. The van der Waals surface area contributed by atoms with Gasteiger partial charge in [-0.2, -0.15) is 0 Å². The summed E-state index contributed by atoms with van der Waals surface area (Å²) in [5, 5.41) is 9.01. The third kappa shape index (κ3) is 4.29. The molecular formula is C7H13NO5. The molecule has 0 aliphatic carbocycles. The van der Waals surface area contributed by atoms with Gasteiger partial charge in [0.2, 0.25) is 6.10 Å². The summed E-state index contributed by atoms with van der Waals surface area (Å²) in [4.78, 5) is 25.2. The van der Waals surface area contributed by atoms with Gasteiger partial charge in [0, 0.05) is 0 Å². The molecule has 0 rings (SSSR count). The van der Waals surface area contributed by atoms with Crippen LogP contribution in [0.1, 0.15) is 20.8 Å². The van der Waals surface area contributed by atoms with E-state index in [0.717, 1.165) is 0 Å². The minimum Gasteiger partial charge on any atom is -0.464 e. The van der Waals surface area contributed by atoms with Gasteiger partial charge in [0.15, 0.2) is 0 Å². The first-order valence-corrected chi connectivity index (χ1v) is 3.96. The van der Waals surface area contributed by atoms with Crippen LogP contribution in [0.2, 0.25) is 0 Å². The van der Waals surface area contributed by atoms with E-state index < -0.39 is 17.2 Å². The number of nitrogens with zero attached hydrogens (tertiary/aromatic N) is 1. The predicted octanol–water partition coefficient (Wildman–Crippen LogP) is 0.782. The van der Waals surface area contributed by atoms with Crippen LogP contribution in [-0.4, -0.2) is 23.8 Å². The molecule has 6 heteroatoms. The summed E-state index contributed by atoms with van der Waals surface area (Å²) in [6.07, 6.45) is -1.13. The summed E-state index contributed by atoms with van der Waals surface area (Å²) < 4.78 is 4.60. The molecule has 0 spiro atoms. The number of esters is 1. The van der Waals surface area contributed by atoms with Crippen molar-refractivity contribution in [1.82, 2.24) is 0 Å². The normalized spacial score (nSPS) is 12.3. The van der Waals surface area contributed by atoms with Crippen molar-refractivity contribution in [3.8, 4) is 0 Å². The van der Waals surface area contributed by atoms with Crippen molar-refractivity contribution in [2.24, 2.45) is 5.92 Å². The van der Waals surface area contributed by atoms with Crippen LogP contribution in [0.4, 0.5) is 0 Å². The van der Waals surface area contributed by atoms with E-state index in [1.807, 2.05) is 0 Å². The Morgan fingerprint density at radius 1 is 1.54 bits per heavy atom. The quantitative estimate of drug-likeness (QED) is 0.364. The highest BCUT2D eigenvalue weighted by Crippen LogP contribution is 2.08. The van der Waals surface area contributed by atoms with Crippen molar-refractivity contribution in [2.75, 3.05) is 6.61 Å². The average Bonchev–Trinajstić information content (AvgIpc) is 1.99. The van der Waals surface area contributed by atoms with Crippen molar-refractivity contribution in [3.63, 3.8) is 0 Å². The second-order valence-corrected chi connectivity index (χ2v) is 2.75. The Kier molecular flexibility index (Phi) is 4.79. The molecule has 0 heterocycles. The van der Waals surface area contributed by atoms with Crippen molar-refractivity contribution in [2.45, 2.75) is 26.9 Å². The van der Waals surface area contributed by atoms with E-state index in [1.54, 1.807) is 20.8 Å². The summed E-state index contributed by atoms with van der Waals surface area (Å²) >= 11 is 0. The number of carbonyl (C=O) groups is 1. The van der Waals surface area contributed by atoms with E-state index in [0.29, 0.717) is 0 Å². The largest absolute Gasteiger partial charge is 0.464 e. The molecule has 0 N–H and O–H groups in total. The summed E-state index contributed by atoms with van der Waals surface area (Å²) in [6.45, 7) is 5.10. The zero-order valence-electron chi connectivity index (χ0n) is 7.85. The highest BCUT2D eigenvalue weighted by atomic mass is 17.0. The molecule has 0 aromatic carbocycles. The smallest absolute Gasteiger partial charge is 0.335 e. The molecule has 0 saturated heterocycles. The molecule has 13 heavy (non-hydrogen) atoms. The van der Waals surface area contributed by atoms with Crippen LogP contribution in [0.3, 0.4) is 0 Å². The minimum atomic E-state index is -1.13. The van der Waals surface area contributed by atoms with Gasteiger partial charge in [-0.1, -0.05) is 13.8 Å². The minimum absolute atomic E-state index is 0.184. The van der Waals surface area contributed by atoms with Gasteiger partial charge in [0.1, 0.15) is 0 Å². The fourth-order valence-corrected chi connectivity index (χ4v) is 0.754. The monoisotopic (exact) mass is 191 g/mol. The van der Waals surface area contributed by atoms with Crippen LogP contribution in [0.15, 0.2) is 0 Å². The Balaban J connectivity index is 4.24. The Bertz CT molecular complexity index is 191. The highest BCUT2D eigenvalue weighted by Gasteiger charge is 2.27. The summed E-state index contributed by atoms with van der Waals surface area (Å²) in [7, 11) is 0. The van der Waals surface area contributed by atoms with Crippen LogP contribution in [-0.2, 0) is 14.4 Å². The first kappa shape index (κ1) is 11.7. The third-order valence-electron chi connectivity index (χ3n) is 1.32. The lowest BCUT2D eigenvalue weighted by molar-refractivity contribution is -0.766. The van der Waals surface area contributed by atoms with Gasteiger partial charge in [0.25, 0.3) is 5.09 Å². The molecular weight excluding hydrogens is 178 g/mol. The maximum absolute atomic E-state index is 11.1. The van der Waals surface area contributed by atoms with Crippen molar-refractivity contribution in [3.05, 3.63) is 10.1 Å². The predicted molar refractivity (Wildman–Crippen MR) is 43.3 cm³/mol. The molecule has 0 fully saturated rings. The van der Waals surface area contributed by atoms with Crippen molar-refractivity contribution >= 4 is 5.97 Å². The molecule has 0 aliphatic heterocycles.